The van der Waals surface area contributed by atoms with Crippen LogP contribution in [0.5, 0.6) is 0 Å². The standard InChI is InChI=1S/C11H16O3/c1-3-8-5-6-9(10(12)7-8)11(13)14-4-2/h3,8,12H,1,4-7H2,2H3. The maximum absolute atomic E-state index is 11.3. The summed E-state index contributed by atoms with van der Waals surface area (Å²) in [7, 11) is 0. The molecule has 1 unspecified atom stereocenters. The van der Waals surface area contributed by atoms with Crippen molar-refractivity contribution in [2.75, 3.05) is 6.61 Å². The molecule has 0 aliphatic heterocycles. The van der Waals surface area contributed by atoms with E-state index in [-0.39, 0.29) is 17.6 Å². The molecule has 0 saturated heterocycles. The van der Waals surface area contributed by atoms with Gasteiger partial charge in [0.05, 0.1) is 12.2 Å². The van der Waals surface area contributed by atoms with Crippen LogP contribution >= 0.6 is 0 Å². The molecular formula is C11H16O3. The summed E-state index contributed by atoms with van der Waals surface area (Å²) in [6.07, 6.45) is 3.78. The quantitative estimate of drug-likeness (QED) is 0.556. The van der Waals surface area contributed by atoms with Crippen molar-refractivity contribution in [3.63, 3.8) is 0 Å². The molecule has 0 bridgehead atoms. The lowest BCUT2D eigenvalue weighted by atomic mass is 9.88. The van der Waals surface area contributed by atoms with Gasteiger partial charge in [0, 0.05) is 6.42 Å². The van der Waals surface area contributed by atoms with E-state index >= 15 is 0 Å². The topological polar surface area (TPSA) is 46.5 Å². The zero-order valence-corrected chi connectivity index (χ0v) is 8.45. The van der Waals surface area contributed by atoms with Crippen LogP contribution in [0.25, 0.3) is 0 Å². The molecule has 0 radical (unpaired) electrons. The van der Waals surface area contributed by atoms with Crippen LogP contribution in [0, 0.1) is 5.92 Å². The molecule has 0 aromatic rings. The van der Waals surface area contributed by atoms with Gasteiger partial charge in [-0.1, -0.05) is 6.08 Å². The first-order chi connectivity index (χ1) is 6.69. The van der Waals surface area contributed by atoms with Crippen LogP contribution in [0.1, 0.15) is 26.2 Å². The van der Waals surface area contributed by atoms with Crippen LogP contribution in [0.2, 0.25) is 0 Å². The highest BCUT2D eigenvalue weighted by Crippen LogP contribution is 2.29. The number of ether oxygens (including phenoxy) is 1. The lowest BCUT2D eigenvalue weighted by Gasteiger charge is -2.20. The molecule has 0 heterocycles. The van der Waals surface area contributed by atoms with Gasteiger partial charge in [-0.25, -0.2) is 4.79 Å². The van der Waals surface area contributed by atoms with Crippen LogP contribution in [0.15, 0.2) is 24.0 Å². The molecule has 78 valence electrons. The Labute approximate surface area is 84.1 Å². The highest BCUT2D eigenvalue weighted by molar-refractivity contribution is 5.89. The van der Waals surface area contributed by atoms with Crippen molar-refractivity contribution in [3.05, 3.63) is 24.0 Å². The molecule has 3 heteroatoms. The van der Waals surface area contributed by atoms with Gasteiger partial charge in [0.1, 0.15) is 5.76 Å². The molecule has 0 spiro atoms. The Morgan fingerprint density at radius 1 is 1.79 bits per heavy atom. The van der Waals surface area contributed by atoms with Gasteiger partial charge in [-0.15, -0.1) is 6.58 Å². The summed E-state index contributed by atoms with van der Waals surface area (Å²) in [5, 5.41) is 9.60. The van der Waals surface area contributed by atoms with E-state index in [9.17, 15) is 9.90 Å². The van der Waals surface area contributed by atoms with Gasteiger partial charge in [0.2, 0.25) is 0 Å². The van der Waals surface area contributed by atoms with Crippen molar-refractivity contribution < 1.29 is 14.6 Å². The number of esters is 1. The smallest absolute Gasteiger partial charge is 0.337 e. The van der Waals surface area contributed by atoms with E-state index in [0.29, 0.717) is 25.0 Å². The van der Waals surface area contributed by atoms with Gasteiger partial charge in [0.15, 0.2) is 0 Å². The first-order valence-corrected chi connectivity index (χ1v) is 4.89. The predicted molar refractivity (Wildman–Crippen MR) is 53.8 cm³/mol. The molecule has 0 aromatic heterocycles. The van der Waals surface area contributed by atoms with E-state index in [4.69, 9.17) is 4.74 Å². The van der Waals surface area contributed by atoms with Crippen molar-refractivity contribution in [2.45, 2.75) is 26.2 Å². The third-order valence-electron chi connectivity index (χ3n) is 2.42. The molecule has 3 nitrogen and oxygen atoms in total. The second-order valence-electron chi connectivity index (χ2n) is 3.38. The number of carbonyl (C=O) groups excluding carboxylic acids is 1. The Morgan fingerprint density at radius 2 is 2.50 bits per heavy atom. The highest BCUT2D eigenvalue weighted by Gasteiger charge is 2.23. The number of carbonyl (C=O) groups is 1. The largest absolute Gasteiger partial charge is 0.512 e. The average Bonchev–Trinajstić information content (AvgIpc) is 2.17. The van der Waals surface area contributed by atoms with Crippen LogP contribution in [-0.4, -0.2) is 17.7 Å². The fourth-order valence-electron chi connectivity index (χ4n) is 1.59. The Kier molecular flexibility index (Phi) is 3.74. The number of hydrogen-bond acceptors (Lipinski definition) is 3. The van der Waals surface area contributed by atoms with Crippen molar-refractivity contribution >= 4 is 5.97 Å². The third kappa shape index (κ3) is 2.37. The monoisotopic (exact) mass is 196 g/mol. The number of aliphatic hydroxyl groups is 1. The van der Waals surface area contributed by atoms with E-state index in [1.165, 1.54) is 0 Å². The van der Waals surface area contributed by atoms with E-state index in [1.807, 2.05) is 6.08 Å². The lowest BCUT2D eigenvalue weighted by Crippen LogP contribution is -2.16. The van der Waals surface area contributed by atoms with Gasteiger partial charge < -0.3 is 9.84 Å². The Morgan fingerprint density at radius 3 is 3.00 bits per heavy atom. The van der Waals surface area contributed by atoms with Gasteiger partial charge in [-0.05, 0) is 25.7 Å². The lowest BCUT2D eigenvalue weighted by molar-refractivity contribution is -0.139. The second-order valence-corrected chi connectivity index (χ2v) is 3.38. The predicted octanol–water partition coefficient (Wildman–Crippen LogP) is 2.35. The summed E-state index contributed by atoms with van der Waals surface area (Å²) in [6.45, 7) is 5.78. The van der Waals surface area contributed by atoms with Gasteiger partial charge in [-0.3, -0.25) is 0 Å². The van der Waals surface area contributed by atoms with Crippen LogP contribution < -0.4 is 0 Å². The van der Waals surface area contributed by atoms with Crippen molar-refractivity contribution in [1.82, 2.24) is 0 Å². The van der Waals surface area contributed by atoms with E-state index in [2.05, 4.69) is 6.58 Å². The maximum atomic E-state index is 11.3. The molecule has 0 aromatic carbocycles. The van der Waals surface area contributed by atoms with Crippen molar-refractivity contribution in [2.24, 2.45) is 5.92 Å². The summed E-state index contributed by atoms with van der Waals surface area (Å²) in [6, 6.07) is 0. The summed E-state index contributed by atoms with van der Waals surface area (Å²) in [4.78, 5) is 11.3. The number of hydrogen-bond donors (Lipinski definition) is 1. The van der Waals surface area contributed by atoms with Crippen molar-refractivity contribution in [3.8, 4) is 0 Å². The van der Waals surface area contributed by atoms with Crippen LogP contribution in [0.3, 0.4) is 0 Å². The fraction of sp³-hybridized carbons (Fsp3) is 0.545. The van der Waals surface area contributed by atoms with Crippen LogP contribution in [-0.2, 0) is 9.53 Å². The van der Waals surface area contributed by atoms with Crippen molar-refractivity contribution in [1.29, 1.82) is 0 Å². The molecule has 0 saturated carbocycles. The third-order valence-corrected chi connectivity index (χ3v) is 2.42. The maximum Gasteiger partial charge on any atom is 0.337 e. The van der Waals surface area contributed by atoms with Gasteiger partial charge in [-0.2, -0.15) is 0 Å². The normalized spacial score (nSPS) is 21.9. The summed E-state index contributed by atoms with van der Waals surface area (Å²) >= 11 is 0. The molecule has 1 aliphatic carbocycles. The Hall–Kier alpha value is -1.25. The minimum Gasteiger partial charge on any atom is -0.512 e. The minimum atomic E-state index is -0.382. The molecule has 0 amide bonds. The zero-order valence-electron chi connectivity index (χ0n) is 8.45. The highest BCUT2D eigenvalue weighted by atomic mass is 16.5. The molecule has 14 heavy (non-hydrogen) atoms. The van der Waals surface area contributed by atoms with Gasteiger partial charge in [0.25, 0.3) is 0 Å². The SMILES string of the molecule is C=CC1CCC(C(=O)OCC)=C(O)C1. The molecule has 1 aliphatic rings. The Balaban J connectivity index is 2.69. The van der Waals surface area contributed by atoms with E-state index < -0.39 is 0 Å². The van der Waals surface area contributed by atoms with E-state index in [1.54, 1.807) is 6.92 Å². The van der Waals surface area contributed by atoms with Crippen LogP contribution in [0.4, 0.5) is 0 Å². The molecular weight excluding hydrogens is 180 g/mol. The number of rotatable bonds is 3. The Bertz CT molecular complexity index is 266. The average molecular weight is 196 g/mol. The first kappa shape index (κ1) is 10.8. The number of aliphatic hydroxyl groups excluding tert-OH is 1. The summed E-state index contributed by atoms with van der Waals surface area (Å²) in [5.41, 5.74) is 0.435. The molecule has 0 fully saturated rings. The van der Waals surface area contributed by atoms with E-state index in [0.717, 1.165) is 6.42 Å². The number of allylic oxidation sites excluding steroid dienone is 2. The fourth-order valence-corrected chi connectivity index (χ4v) is 1.59. The first-order valence-electron chi connectivity index (χ1n) is 4.89. The molecule has 1 N–H and O–H groups in total. The molecule has 1 atom stereocenters. The van der Waals surface area contributed by atoms with Gasteiger partial charge >= 0.3 is 5.97 Å². The summed E-state index contributed by atoms with van der Waals surface area (Å²) < 4.78 is 4.84. The zero-order chi connectivity index (χ0) is 10.6. The summed E-state index contributed by atoms with van der Waals surface area (Å²) in [5.74, 6) is 0.0697. The minimum absolute atomic E-state index is 0.166. The molecule has 1 rings (SSSR count). The second kappa shape index (κ2) is 4.84.